The molecule has 2 atom stereocenters. The van der Waals surface area contributed by atoms with Crippen LogP contribution in [-0.2, 0) is 4.74 Å². The van der Waals surface area contributed by atoms with Crippen molar-refractivity contribution in [3.8, 4) is 0 Å². The summed E-state index contributed by atoms with van der Waals surface area (Å²) in [5.41, 5.74) is 1.23. The molecule has 2 rings (SSSR count). The zero-order valence-electron chi connectivity index (χ0n) is 8.53. The molecule has 1 aliphatic rings. The second-order valence-corrected chi connectivity index (χ2v) is 5.43. The molecule has 76 valence electrons. The van der Waals surface area contributed by atoms with Gasteiger partial charge in [0.25, 0.3) is 0 Å². The topological polar surface area (TPSA) is 9.23 Å². The van der Waals surface area contributed by atoms with E-state index in [0.717, 1.165) is 6.42 Å². The van der Waals surface area contributed by atoms with Crippen molar-refractivity contribution in [2.24, 2.45) is 0 Å². The lowest BCUT2D eigenvalue weighted by Gasteiger charge is -2.22. The fourth-order valence-electron chi connectivity index (χ4n) is 1.83. The van der Waals surface area contributed by atoms with Crippen molar-refractivity contribution in [1.29, 1.82) is 0 Å². The number of ether oxygens (including phenoxy) is 1. The predicted octanol–water partition coefficient (Wildman–Crippen LogP) is 3.69. The van der Waals surface area contributed by atoms with E-state index in [1.54, 1.807) is 0 Å². The smallest absolute Gasteiger partial charge is 0.0844 e. The summed E-state index contributed by atoms with van der Waals surface area (Å²) in [6.45, 7) is 4.27. The van der Waals surface area contributed by atoms with Crippen LogP contribution in [0.4, 0.5) is 0 Å². The van der Waals surface area contributed by atoms with Gasteiger partial charge < -0.3 is 4.74 Å². The minimum absolute atomic E-state index is 0.0551. The van der Waals surface area contributed by atoms with Gasteiger partial charge in [-0.2, -0.15) is 0 Å². The van der Waals surface area contributed by atoms with Gasteiger partial charge in [-0.3, -0.25) is 0 Å². The van der Waals surface area contributed by atoms with E-state index < -0.39 is 0 Å². The minimum Gasteiger partial charge on any atom is -0.366 e. The summed E-state index contributed by atoms with van der Waals surface area (Å²) < 4.78 is 6.00. The van der Waals surface area contributed by atoms with Crippen LogP contribution < -0.4 is 0 Å². The minimum atomic E-state index is -0.0551. The lowest BCUT2D eigenvalue weighted by atomic mass is 10.0. The van der Waals surface area contributed by atoms with E-state index in [2.05, 4.69) is 54.0 Å². The first kappa shape index (κ1) is 10.2. The van der Waals surface area contributed by atoms with E-state index in [1.165, 1.54) is 5.56 Å². The number of hydrogen-bond donors (Lipinski definition) is 0. The van der Waals surface area contributed by atoms with Gasteiger partial charge in [0.2, 0.25) is 0 Å². The average molecular weight is 255 g/mol. The molecule has 2 heteroatoms. The summed E-state index contributed by atoms with van der Waals surface area (Å²) in [6, 6.07) is 10.4. The first-order chi connectivity index (χ1) is 6.59. The van der Waals surface area contributed by atoms with Crippen LogP contribution in [0.2, 0.25) is 0 Å². The molecule has 1 fully saturated rings. The molecule has 0 N–H and O–H groups in total. The number of alkyl halides is 1. The van der Waals surface area contributed by atoms with Crippen LogP contribution in [0.25, 0.3) is 0 Å². The van der Waals surface area contributed by atoms with Crippen molar-refractivity contribution in [2.45, 2.75) is 36.8 Å². The highest BCUT2D eigenvalue weighted by Gasteiger charge is 2.40. The normalized spacial score (nSPS) is 30.5. The van der Waals surface area contributed by atoms with Crippen molar-refractivity contribution < 1.29 is 4.74 Å². The molecular formula is C12H15BrO. The Morgan fingerprint density at radius 1 is 1.29 bits per heavy atom. The Labute approximate surface area is 93.6 Å². The highest BCUT2D eigenvalue weighted by atomic mass is 79.9. The second-order valence-electron chi connectivity index (χ2n) is 4.32. The third-order valence-electron chi connectivity index (χ3n) is 2.79. The van der Waals surface area contributed by atoms with Crippen LogP contribution in [0.1, 0.15) is 31.9 Å². The van der Waals surface area contributed by atoms with Gasteiger partial charge in [0.1, 0.15) is 0 Å². The Morgan fingerprint density at radius 2 is 1.93 bits per heavy atom. The van der Waals surface area contributed by atoms with Crippen molar-refractivity contribution in [2.75, 3.05) is 0 Å². The standard InChI is InChI=1S/C12H15BrO/c1-12(2)11(13)8-10(14-12)9-6-4-3-5-7-9/h3-7,10-11H,8H2,1-2H3/t10-,11+/m1/s1. The maximum atomic E-state index is 6.00. The maximum Gasteiger partial charge on any atom is 0.0844 e. The number of rotatable bonds is 1. The highest BCUT2D eigenvalue weighted by molar-refractivity contribution is 9.09. The SMILES string of the molecule is CC1(C)O[C@@H](c2ccccc2)C[C@@H]1Br. The van der Waals surface area contributed by atoms with Crippen LogP contribution in [0.5, 0.6) is 0 Å². The van der Waals surface area contributed by atoms with Gasteiger partial charge in [-0.05, 0) is 25.8 Å². The zero-order valence-corrected chi connectivity index (χ0v) is 10.1. The Hall–Kier alpha value is -0.340. The second kappa shape index (κ2) is 3.67. The van der Waals surface area contributed by atoms with E-state index in [0.29, 0.717) is 4.83 Å². The molecule has 1 nitrogen and oxygen atoms in total. The van der Waals surface area contributed by atoms with Crippen molar-refractivity contribution in [3.63, 3.8) is 0 Å². The molecule has 0 unspecified atom stereocenters. The zero-order chi connectivity index (χ0) is 10.2. The van der Waals surface area contributed by atoms with Crippen molar-refractivity contribution >= 4 is 15.9 Å². The van der Waals surface area contributed by atoms with Crippen LogP contribution in [0, 0.1) is 0 Å². The summed E-state index contributed by atoms with van der Waals surface area (Å²) in [7, 11) is 0. The van der Waals surface area contributed by atoms with E-state index >= 15 is 0 Å². The third-order valence-corrected chi connectivity index (χ3v) is 4.27. The van der Waals surface area contributed by atoms with Crippen molar-refractivity contribution in [1.82, 2.24) is 0 Å². The van der Waals surface area contributed by atoms with Crippen LogP contribution in [-0.4, -0.2) is 10.4 Å². The Balaban J connectivity index is 2.17. The Kier molecular flexibility index (Phi) is 2.67. The van der Waals surface area contributed by atoms with Gasteiger partial charge in [0, 0.05) is 4.83 Å². The molecule has 0 amide bonds. The first-order valence-corrected chi connectivity index (χ1v) is 5.88. The lowest BCUT2D eigenvalue weighted by Crippen LogP contribution is -2.27. The summed E-state index contributed by atoms with van der Waals surface area (Å²) >= 11 is 3.67. The first-order valence-electron chi connectivity index (χ1n) is 4.96. The van der Waals surface area contributed by atoms with Gasteiger partial charge in [-0.15, -0.1) is 0 Å². The molecule has 1 aromatic rings. The molecule has 0 aliphatic carbocycles. The number of benzene rings is 1. The molecule has 0 saturated carbocycles. The van der Waals surface area contributed by atoms with Gasteiger partial charge in [0.05, 0.1) is 11.7 Å². The summed E-state index contributed by atoms with van der Waals surface area (Å²) in [5.74, 6) is 0. The molecule has 1 aromatic carbocycles. The van der Waals surface area contributed by atoms with Crippen LogP contribution in [0.3, 0.4) is 0 Å². The molecule has 0 radical (unpaired) electrons. The van der Waals surface area contributed by atoms with Crippen LogP contribution >= 0.6 is 15.9 Å². The molecular weight excluding hydrogens is 240 g/mol. The van der Waals surface area contributed by atoms with Gasteiger partial charge >= 0.3 is 0 Å². The number of halogens is 1. The molecule has 0 spiro atoms. The predicted molar refractivity (Wildman–Crippen MR) is 61.7 cm³/mol. The fraction of sp³-hybridized carbons (Fsp3) is 0.500. The Morgan fingerprint density at radius 3 is 2.43 bits per heavy atom. The maximum absolute atomic E-state index is 6.00. The van der Waals surface area contributed by atoms with Crippen molar-refractivity contribution in [3.05, 3.63) is 35.9 Å². The average Bonchev–Trinajstić information content (AvgIpc) is 2.43. The summed E-state index contributed by atoms with van der Waals surface area (Å²) in [5, 5.41) is 0. The number of hydrogen-bond acceptors (Lipinski definition) is 1. The Bertz CT molecular complexity index is 307. The molecule has 0 aromatic heterocycles. The molecule has 1 heterocycles. The third kappa shape index (κ3) is 1.86. The molecule has 0 bridgehead atoms. The lowest BCUT2D eigenvalue weighted by molar-refractivity contribution is -0.0140. The van der Waals surface area contributed by atoms with E-state index in [-0.39, 0.29) is 11.7 Å². The van der Waals surface area contributed by atoms with Gasteiger partial charge in [-0.25, -0.2) is 0 Å². The molecule has 1 aliphatic heterocycles. The highest BCUT2D eigenvalue weighted by Crippen LogP contribution is 2.42. The largest absolute Gasteiger partial charge is 0.366 e. The van der Waals surface area contributed by atoms with E-state index in [4.69, 9.17) is 4.74 Å². The van der Waals surface area contributed by atoms with Gasteiger partial charge in [0.15, 0.2) is 0 Å². The van der Waals surface area contributed by atoms with E-state index in [1.807, 2.05) is 6.07 Å². The molecule has 14 heavy (non-hydrogen) atoms. The van der Waals surface area contributed by atoms with Gasteiger partial charge in [-0.1, -0.05) is 46.3 Å². The quantitative estimate of drug-likeness (QED) is 0.695. The molecule has 1 saturated heterocycles. The monoisotopic (exact) mass is 254 g/mol. The van der Waals surface area contributed by atoms with E-state index in [9.17, 15) is 0 Å². The summed E-state index contributed by atoms with van der Waals surface area (Å²) in [6.07, 6.45) is 1.30. The van der Waals surface area contributed by atoms with Crippen LogP contribution in [0.15, 0.2) is 30.3 Å². The fourth-order valence-corrected chi connectivity index (χ4v) is 2.28. The summed E-state index contributed by atoms with van der Waals surface area (Å²) in [4.78, 5) is 0.445.